The molecule has 0 N–H and O–H groups in total. The van der Waals surface area contributed by atoms with Gasteiger partial charge in [0.25, 0.3) is 0 Å². The summed E-state index contributed by atoms with van der Waals surface area (Å²) < 4.78 is 0. The van der Waals surface area contributed by atoms with Crippen LogP contribution in [0.15, 0.2) is 71.9 Å². The zero-order valence-corrected chi connectivity index (χ0v) is 11.4. The molecule has 0 saturated heterocycles. The van der Waals surface area contributed by atoms with Crippen LogP contribution in [-0.2, 0) is 0 Å². The van der Waals surface area contributed by atoms with Crippen LogP contribution in [0.4, 0.5) is 0 Å². The average molecular weight is 260 g/mol. The molecule has 0 fully saturated rings. The van der Waals surface area contributed by atoms with Crippen LogP contribution in [0.3, 0.4) is 0 Å². The minimum Gasteiger partial charge on any atom is -0.283 e. The molecule has 20 heavy (non-hydrogen) atoms. The number of nitrogens with zero attached hydrogens (tertiary/aromatic N) is 2. The van der Waals surface area contributed by atoms with Gasteiger partial charge >= 0.3 is 0 Å². The molecule has 2 aromatic carbocycles. The first-order valence-corrected chi connectivity index (χ1v) is 6.76. The monoisotopic (exact) mass is 260 g/mol. The second kappa shape index (κ2) is 5.66. The average Bonchev–Trinajstić information content (AvgIpc) is 2.53. The highest BCUT2D eigenvalue weighted by atomic mass is 14.8. The van der Waals surface area contributed by atoms with Gasteiger partial charge in [-0.1, -0.05) is 42.5 Å². The van der Waals surface area contributed by atoms with E-state index in [-0.39, 0.29) is 6.04 Å². The third-order valence-electron chi connectivity index (χ3n) is 3.37. The first-order chi connectivity index (χ1) is 9.83. The fourth-order valence-electron chi connectivity index (χ4n) is 2.19. The lowest BCUT2D eigenvalue weighted by Gasteiger charge is -2.08. The molecule has 0 aliphatic heterocycles. The van der Waals surface area contributed by atoms with Crippen molar-refractivity contribution in [1.29, 1.82) is 0 Å². The zero-order valence-electron chi connectivity index (χ0n) is 11.4. The molecule has 2 heteroatoms. The summed E-state index contributed by atoms with van der Waals surface area (Å²) in [6, 6.07) is 20.8. The highest BCUT2D eigenvalue weighted by Crippen LogP contribution is 2.22. The predicted octanol–water partition coefficient (Wildman–Crippen LogP) is 4.41. The fourth-order valence-corrected chi connectivity index (χ4v) is 2.19. The van der Waals surface area contributed by atoms with Crippen LogP contribution in [0.5, 0.6) is 0 Å². The quantitative estimate of drug-likeness (QED) is 0.640. The van der Waals surface area contributed by atoms with Crippen molar-refractivity contribution in [1.82, 2.24) is 4.98 Å². The van der Waals surface area contributed by atoms with Gasteiger partial charge in [0.1, 0.15) is 0 Å². The molecule has 0 aliphatic rings. The molecule has 0 aliphatic carbocycles. The van der Waals surface area contributed by atoms with Gasteiger partial charge in [-0.2, -0.15) is 0 Å². The third kappa shape index (κ3) is 2.75. The van der Waals surface area contributed by atoms with Gasteiger partial charge in [0.05, 0.1) is 11.7 Å². The zero-order chi connectivity index (χ0) is 13.8. The lowest BCUT2D eigenvalue weighted by molar-refractivity contribution is 0.826. The fraction of sp³-hybridized carbons (Fsp3) is 0.111. The Morgan fingerprint density at radius 2 is 1.75 bits per heavy atom. The van der Waals surface area contributed by atoms with E-state index < -0.39 is 0 Å². The number of aromatic nitrogens is 1. The Labute approximate surface area is 118 Å². The number of rotatable bonds is 3. The van der Waals surface area contributed by atoms with Crippen molar-refractivity contribution in [3.8, 4) is 0 Å². The largest absolute Gasteiger partial charge is 0.283 e. The van der Waals surface area contributed by atoms with E-state index in [9.17, 15) is 0 Å². The second-order valence-electron chi connectivity index (χ2n) is 4.82. The van der Waals surface area contributed by atoms with Crippen molar-refractivity contribution in [2.45, 2.75) is 13.0 Å². The smallest absolute Gasteiger partial charge is 0.0808 e. The number of hydrogen-bond donors (Lipinski definition) is 0. The van der Waals surface area contributed by atoms with Gasteiger partial charge in [-0.3, -0.25) is 9.98 Å². The van der Waals surface area contributed by atoms with Crippen LogP contribution < -0.4 is 0 Å². The van der Waals surface area contributed by atoms with E-state index in [2.05, 4.69) is 59.4 Å². The molecule has 0 radical (unpaired) electrons. The van der Waals surface area contributed by atoms with E-state index in [0.717, 1.165) is 5.69 Å². The van der Waals surface area contributed by atoms with Crippen molar-refractivity contribution >= 4 is 17.0 Å². The molecular weight excluding hydrogens is 244 g/mol. The topological polar surface area (TPSA) is 25.2 Å². The van der Waals surface area contributed by atoms with Crippen LogP contribution in [0.25, 0.3) is 10.8 Å². The second-order valence-corrected chi connectivity index (χ2v) is 4.82. The maximum Gasteiger partial charge on any atom is 0.0808 e. The number of fused-ring (bicyclic) bond motifs is 1. The molecule has 0 bridgehead atoms. The van der Waals surface area contributed by atoms with Crippen LogP contribution in [0, 0.1) is 0 Å². The highest BCUT2D eigenvalue weighted by Gasteiger charge is 2.03. The SMILES string of the molecule is C[C@@H](N=Cc1ccccn1)c1ccc2ccccc2c1. The van der Waals surface area contributed by atoms with Gasteiger partial charge in [0.15, 0.2) is 0 Å². The number of hydrogen-bond acceptors (Lipinski definition) is 2. The summed E-state index contributed by atoms with van der Waals surface area (Å²) >= 11 is 0. The number of pyridine rings is 1. The minimum atomic E-state index is 0.126. The molecule has 0 unspecified atom stereocenters. The normalized spacial score (nSPS) is 12.8. The Balaban J connectivity index is 1.85. The van der Waals surface area contributed by atoms with E-state index in [1.807, 2.05) is 24.4 Å². The number of benzene rings is 2. The van der Waals surface area contributed by atoms with E-state index in [1.54, 1.807) is 6.20 Å². The minimum absolute atomic E-state index is 0.126. The molecular formula is C18H16N2. The van der Waals surface area contributed by atoms with E-state index in [4.69, 9.17) is 0 Å². The summed E-state index contributed by atoms with van der Waals surface area (Å²) in [6.07, 6.45) is 3.61. The summed E-state index contributed by atoms with van der Waals surface area (Å²) in [5.41, 5.74) is 2.11. The van der Waals surface area contributed by atoms with Gasteiger partial charge in [-0.05, 0) is 41.5 Å². The molecule has 0 spiro atoms. The van der Waals surface area contributed by atoms with Crippen molar-refractivity contribution < 1.29 is 0 Å². The maximum atomic E-state index is 4.58. The molecule has 98 valence electrons. The van der Waals surface area contributed by atoms with Gasteiger partial charge < -0.3 is 0 Å². The summed E-state index contributed by atoms with van der Waals surface area (Å²) in [6.45, 7) is 2.10. The lowest BCUT2D eigenvalue weighted by Crippen LogP contribution is -1.92. The molecule has 1 heterocycles. The van der Waals surface area contributed by atoms with Gasteiger partial charge in [0, 0.05) is 12.4 Å². The van der Waals surface area contributed by atoms with Crippen LogP contribution in [0.2, 0.25) is 0 Å². The summed E-state index contributed by atoms with van der Waals surface area (Å²) in [7, 11) is 0. The maximum absolute atomic E-state index is 4.58. The van der Waals surface area contributed by atoms with Crippen molar-refractivity contribution in [2.24, 2.45) is 4.99 Å². The summed E-state index contributed by atoms with van der Waals surface area (Å²) in [4.78, 5) is 8.83. The molecule has 0 amide bonds. The van der Waals surface area contributed by atoms with Crippen molar-refractivity contribution in [2.75, 3.05) is 0 Å². The number of aliphatic imine (C=N–C) groups is 1. The van der Waals surface area contributed by atoms with Gasteiger partial charge in [-0.25, -0.2) is 0 Å². The molecule has 3 aromatic rings. The third-order valence-corrected chi connectivity index (χ3v) is 3.37. The van der Waals surface area contributed by atoms with Crippen LogP contribution in [-0.4, -0.2) is 11.2 Å². The molecule has 0 saturated carbocycles. The molecule has 2 nitrogen and oxygen atoms in total. The van der Waals surface area contributed by atoms with E-state index >= 15 is 0 Å². The molecule has 1 aromatic heterocycles. The van der Waals surface area contributed by atoms with E-state index in [0.29, 0.717) is 0 Å². The first kappa shape index (κ1) is 12.5. The summed E-state index contributed by atoms with van der Waals surface area (Å²) in [5, 5.41) is 2.52. The van der Waals surface area contributed by atoms with Crippen molar-refractivity contribution in [3.05, 3.63) is 78.1 Å². The van der Waals surface area contributed by atoms with E-state index in [1.165, 1.54) is 16.3 Å². The first-order valence-electron chi connectivity index (χ1n) is 6.76. The Morgan fingerprint density at radius 1 is 0.950 bits per heavy atom. The summed E-state index contributed by atoms with van der Waals surface area (Å²) in [5.74, 6) is 0. The van der Waals surface area contributed by atoms with Gasteiger partial charge in [-0.15, -0.1) is 0 Å². The Kier molecular flexibility index (Phi) is 3.55. The highest BCUT2D eigenvalue weighted by molar-refractivity contribution is 5.83. The Bertz CT molecular complexity index is 733. The molecule has 3 rings (SSSR count). The Morgan fingerprint density at radius 3 is 2.55 bits per heavy atom. The Hall–Kier alpha value is -2.48. The molecule has 1 atom stereocenters. The van der Waals surface area contributed by atoms with Crippen molar-refractivity contribution in [3.63, 3.8) is 0 Å². The standard InChI is InChI=1S/C18H16N2/c1-14(20-13-18-8-4-5-11-19-18)16-10-9-15-6-2-3-7-17(15)12-16/h2-14H,1H3/t14-/m1/s1. The van der Waals surface area contributed by atoms with Gasteiger partial charge in [0.2, 0.25) is 0 Å². The predicted molar refractivity (Wildman–Crippen MR) is 84.2 cm³/mol. The van der Waals surface area contributed by atoms with Crippen LogP contribution >= 0.6 is 0 Å². The lowest BCUT2D eigenvalue weighted by atomic mass is 10.0. The van der Waals surface area contributed by atoms with Crippen LogP contribution in [0.1, 0.15) is 24.2 Å².